The first kappa shape index (κ1) is 15.5. The summed E-state index contributed by atoms with van der Waals surface area (Å²) in [5.41, 5.74) is 8.78. The molecule has 1 heterocycles. The van der Waals surface area contributed by atoms with Crippen LogP contribution < -0.4 is 15.8 Å². The van der Waals surface area contributed by atoms with Crippen molar-refractivity contribution in [1.29, 1.82) is 0 Å². The van der Waals surface area contributed by atoms with Gasteiger partial charge in [0.25, 0.3) is 0 Å². The summed E-state index contributed by atoms with van der Waals surface area (Å²) in [6, 6.07) is 17.1. The van der Waals surface area contributed by atoms with Gasteiger partial charge in [0.15, 0.2) is 5.96 Å². The number of carbonyl (C=O) groups excluding carboxylic acids is 1. The number of fused-ring (bicyclic) bond motifs is 1. The molecule has 0 saturated heterocycles. The second-order valence-corrected chi connectivity index (χ2v) is 5.03. The first-order chi connectivity index (χ1) is 11.7. The molecule has 0 saturated carbocycles. The molecular weight excluding hydrogens is 304 g/mol. The number of pyridine rings is 1. The number of amides is 1. The zero-order valence-corrected chi connectivity index (χ0v) is 13.1. The summed E-state index contributed by atoms with van der Waals surface area (Å²) in [5, 5.41) is 3.15. The normalized spacial score (nSPS) is 11.3. The first-order valence-corrected chi connectivity index (χ1v) is 7.30. The van der Waals surface area contributed by atoms with Gasteiger partial charge in [-0.3, -0.25) is 10.1 Å². The molecule has 0 aliphatic carbocycles. The maximum absolute atomic E-state index is 10.5. The minimum absolute atomic E-state index is 0.0207. The molecule has 0 radical (unpaired) electrons. The van der Waals surface area contributed by atoms with Crippen LogP contribution in [0, 0.1) is 0 Å². The summed E-state index contributed by atoms with van der Waals surface area (Å²) in [6.07, 6.45) is 0.489. The predicted molar refractivity (Wildman–Crippen MR) is 94.2 cm³/mol. The van der Waals surface area contributed by atoms with Crippen molar-refractivity contribution in [2.75, 3.05) is 7.11 Å². The third kappa shape index (κ3) is 3.17. The van der Waals surface area contributed by atoms with Crippen LogP contribution in [0.5, 0.6) is 5.75 Å². The third-order valence-electron chi connectivity index (χ3n) is 3.51. The Labute approximate surface area is 139 Å². The monoisotopic (exact) mass is 320 g/mol. The van der Waals surface area contributed by atoms with E-state index in [0.29, 0.717) is 17.8 Å². The number of benzene rings is 2. The van der Waals surface area contributed by atoms with Crippen molar-refractivity contribution in [3.8, 4) is 17.0 Å². The average Bonchev–Trinajstić information content (AvgIpc) is 2.62. The van der Waals surface area contributed by atoms with E-state index in [9.17, 15) is 4.79 Å². The Balaban J connectivity index is 2.23. The number of carbonyl (C=O) groups is 1. The standard InChI is InChI=1S/C18H16N4O2/c1-24-13-7-8-14-16(9-13)21-15(12-5-3-2-4-6-12)10-17(14)22-18(19)20-11-23/h2-11H,1H3,(H3,19,20,21,22,23). The number of ether oxygens (including phenoxy) is 1. The maximum Gasteiger partial charge on any atom is 0.213 e. The van der Waals surface area contributed by atoms with Crippen molar-refractivity contribution >= 4 is 29.0 Å². The van der Waals surface area contributed by atoms with E-state index in [2.05, 4.69) is 15.3 Å². The Bertz CT molecular complexity index is 908. The van der Waals surface area contributed by atoms with Crippen LogP contribution in [0.4, 0.5) is 5.69 Å². The van der Waals surface area contributed by atoms with Crippen molar-refractivity contribution in [3.63, 3.8) is 0 Å². The van der Waals surface area contributed by atoms with E-state index < -0.39 is 0 Å². The number of methoxy groups -OCH3 is 1. The van der Waals surface area contributed by atoms with Crippen LogP contribution in [-0.4, -0.2) is 24.5 Å². The molecule has 120 valence electrons. The zero-order chi connectivity index (χ0) is 16.9. The molecule has 0 atom stereocenters. The molecule has 6 nitrogen and oxygen atoms in total. The molecule has 6 heteroatoms. The molecule has 3 N–H and O–H groups in total. The Hall–Kier alpha value is -3.41. The van der Waals surface area contributed by atoms with Crippen molar-refractivity contribution in [3.05, 3.63) is 54.6 Å². The van der Waals surface area contributed by atoms with Gasteiger partial charge in [-0.1, -0.05) is 30.3 Å². The number of rotatable bonds is 4. The van der Waals surface area contributed by atoms with Gasteiger partial charge in [-0.15, -0.1) is 0 Å². The first-order valence-electron chi connectivity index (χ1n) is 7.30. The van der Waals surface area contributed by atoms with E-state index in [1.54, 1.807) is 7.11 Å². The summed E-state index contributed by atoms with van der Waals surface area (Å²) < 4.78 is 5.27. The number of nitrogens with one attached hydrogen (secondary N) is 1. The van der Waals surface area contributed by atoms with E-state index in [-0.39, 0.29) is 5.96 Å². The Morgan fingerprint density at radius 3 is 2.71 bits per heavy atom. The van der Waals surface area contributed by atoms with Gasteiger partial charge < -0.3 is 10.5 Å². The number of nitrogens with two attached hydrogens (primary N) is 1. The molecule has 0 aliphatic heterocycles. The highest BCUT2D eigenvalue weighted by Gasteiger charge is 2.09. The summed E-state index contributed by atoms with van der Waals surface area (Å²) in [5.74, 6) is 0.724. The smallest absolute Gasteiger partial charge is 0.213 e. The average molecular weight is 320 g/mol. The highest BCUT2D eigenvalue weighted by Crippen LogP contribution is 2.32. The lowest BCUT2D eigenvalue weighted by molar-refractivity contribution is -0.108. The van der Waals surface area contributed by atoms with Crippen molar-refractivity contribution in [2.45, 2.75) is 0 Å². The van der Waals surface area contributed by atoms with Gasteiger partial charge in [0.1, 0.15) is 5.75 Å². The van der Waals surface area contributed by atoms with Crippen LogP contribution in [-0.2, 0) is 4.79 Å². The summed E-state index contributed by atoms with van der Waals surface area (Å²) in [4.78, 5) is 19.5. The number of guanidine groups is 1. The molecule has 3 rings (SSSR count). The molecule has 2 aromatic carbocycles. The fraction of sp³-hybridized carbons (Fsp3) is 0.0556. The molecule has 3 aromatic rings. The molecule has 0 bridgehead atoms. The fourth-order valence-electron chi connectivity index (χ4n) is 2.39. The van der Waals surface area contributed by atoms with Crippen molar-refractivity contribution < 1.29 is 9.53 Å². The van der Waals surface area contributed by atoms with Crippen molar-refractivity contribution in [2.24, 2.45) is 10.7 Å². The van der Waals surface area contributed by atoms with Crippen LogP contribution in [0.25, 0.3) is 22.2 Å². The Kier molecular flexibility index (Phi) is 4.38. The molecule has 0 aliphatic rings. The van der Waals surface area contributed by atoms with Crippen molar-refractivity contribution in [1.82, 2.24) is 10.3 Å². The van der Waals surface area contributed by atoms with Gasteiger partial charge in [-0.25, -0.2) is 9.98 Å². The van der Waals surface area contributed by atoms with Gasteiger partial charge in [0, 0.05) is 17.0 Å². The third-order valence-corrected chi connectivity index (χ3v) is 3.51. The zero-order valence-electron chi connectivity index (χ0n) is 13.1. The largest absolute Gasteiger partial charge is 0.497 e. The number of nitrogens with zero attached hydrogens (tertiary/aromatic N) is 2. The Morgan fingerprint density at radius 2 is 2.00 bits per heavy atom. The summed E-state index contributed by atoms with van der Waals surface area (Å²) >= 11 is 0. The SMILES string of the molecule is COc1ccc2c(N=C(N)NC=O)cc(-c3ccccc3)nc2c1. The lowest BCUT2D eigenvalue weighted by atomic mass is 10.1. The van der Waals surface area contributed by atoms with Gasteiger partial charge in [-0.2, -0.15) is 0 Å². The van der Waals surface area contributed by atoms with E-state index in [4.69, 9.17) is 10.5 Å². The van der Waals surface area contributed by atoms with Crippen LogP contribution in [0.3, 0.4) is 0 Å². The molecule has 24 heavy (non-hydrogen) atoms. The lowest BCUT2D eigenvalue weighted by Crippen LogP contribution is -2.29. The van der Waals surface area contributed by atoms with Gasteiger partial charge in [0.05, 0.1) is 24.0 Å². The number of aliphatic imine (C=N–C) groups is 1. The molecule has 0 spiro atoms. The predicted octanol–water partition coefficient (Wildman–Crippen LogP) is 2.60. The van der Waals surface area contributed by atoms with E-state index in [1.807, 2.05) is 54.6 Å². The molecule has 1 aromatic heterocycles. The highest BCUT2D eigenvalue weighted by molar-refractivity contribution is 5.97. The molecule has 0 unspecified atom stereocenters. The Morgan fingerprint density at radius 1 is 1.21 bits per heavy atom. The van der Waals surface area contributed by atoms with Crippen LogP contribution >= 0.6 is 0 Å². The number of hydrogen-bond acceptors (Lipinski definition) is 4. The summed E-state index contributed by atoms with van der Waals surface area (Å²) in [6.45, 7) is 0. The molecule has 0 fully saturated rings. The van der Waals surface area contributed by atoms with Crippen LogP contribution in [0.1, 0.15) is 0 Å². The fourth-order valence-corrected chi connectivity index (χ4v) is 2.39. The molecule has 1 amide bonds. The molecular formula is C18H16N4O2. The van der Waals surface area contributed by atoms with Gasteiger partial charge in [0.2, 0.25) is 6.41 Å². The lowest BCUT2D eigenvalue weighted by Gasteiger charge is -2.09. The minimum Gasteiger partial charge on any atom is -0.497 e. The second kappa shape index (κ2) is 6.78. The second-order valence-electron chi connectivity index (χ2n) is 5.03. The maximum atomic E-state index is 10.5. The topological polar surface area (TPSA) is 89.6 Å². The minimum atomic E-state index is 0.0207. The van der Waals surface area contributed by atoms with E-state index in [0.717, 1.165) is 22.2 Å². The summed E-state index contributed by atoms with van der Waals surface area (Å²) in [7, 11) is 1.60. The number of aromatic nitrogens is 1. The van der Waals surface area contributed by atoms with Crippen LogP contribution in [0.15, 0.2) is 59.6 Å². The highest BCUT2D eigenvalue weighted by atomic mass is 16.5. The van der Waals surface area contributed by atoms with Gasteiger partial charge in [-0.05, 0) is 18.2 Å². The van der Waals surface area contributed by atoms with E-state index >= 15 is 0 Å². The quantitative estimate of drug-likeness (QED) is 0.439. The van der Waals surface area contributed by atoms with Gasteiger partial charge >= 0.3 is 0 Å². The van der Waals surface area contributed by atoms with E-state index in [1.165, 1.54) is 0 Å². The number of hydrogen-bond donors (Lipinski definition) is 2. The van der Waals surface area contributed by atoms with Crippen LogP contribution in [0.2, 0.25) is 0 Å².